The third-order valence-electron chi connectivity index (χ3n) is 2.50. The Morgan fingerprint density at radius 1 is 0.833 bits per heavy atom. The Balaban J connectivity index is 0.000000225. The molecule has 3 nitrogen and oxygen atoms in total. The normalized spacial score (nSPS) is 10.4. The van der Waals surface area contributed by atoms with Crippen molar-refractivity contribution in [1.82, 2.24) is 0 Å². The molecule has 4 heteroatoms. The quantitative estimate of drug-likeness (QED) is 0.804. The summed E-state index contributed by atoms with van der Waals surface area (Å²) < 4.78 is 30.3. The summed E-state index contributed by atoms with van der Waals surface area (Å²) in [5.74, 6) is 0. The molecule has 0 bridgehead atoms. The summed E-state index contributed by atoms with van der Waals surface area (Å²) in [4.78, 5) is -0.0116. The van der Waals surface area contributed by atoms with Crippen LogP contribution >= 0.6 is 0 Å². The maximum Gasteiger partial charge on any atom is 0.294 e. The van der Waals surface area contributed by atoms with Gasteiger partial charge in [-0.3, -0.25) is 4.55 Å². The number of benzene rings is 2. The van der Waals surface area contributed by atoms with Crippen molar-refractivity contribution in [3.63, 3.8) is 0 Å². The molecule has 1 N–H and O–H groups in total. The Bertz CT molecular complexity index is 563. The van der Waals surface area contributed by atoms with E-state index < -0.39 is 10.1 Å². The van der Waals surface area contributed by atoms with Crippen LogP contribution in [-0.2, 0) is 10.1 Å². The second-order valence-corrected chi connectivity index (χ2v) is 5.22. The Kier molecular flexibility index (Phi) is 5.07. The average Bonchev–Trinajstić information content (AvgIpc) is 2.34. The molecule has 0 saturated heterocycles. The lowest BCUT2D eigenvalue weighted by Gasteiger charge is -2.03. The van der Waals surface area contributed by atoms with Crippen LogP contribution in [0.3, 0.4) is 0 Å². The van der Waals surface area contributed by atoms with E-state index in [0.717, 1.165) is 5.56 Å². The van der Waals surface area contributed by atoms with E-state index in [0.29, 0.717) is 5.56 Å². The van der Waals surface area contributed by atoms with Gasteiger partial charge in [-0.1, -0.05) is 48.5 Å². The smallest absolute Gasteiger partial charge is 0.282 e. The summed E-state index contributed by atoms with van der Waals surface area (Å²) in [5.41, 5.74) is 1.45. The van der Waals surface area contributed by atoms with E-state index in [4.69, 9.17) is 4.55 Å². The topological polar surface area (TPSA) is 54.4 Å². The molecule has 0 aliphatic carbocycles. The monoisotopic (exact) mass is 264 g/mol. The fourth-order valence-electron chi connectivity index (χ4n) is 1.39. The van der Waals surface area contributed by atoms with Crippen molar-refractivity contribution < 1.29 is 13.0 Å². The fraction of sp³-hybridized carbons (Fsp3) is 0.143. The second kappa shape index (κ2) is 6.33. The zero-order valence-electron chi connectivity index (χ0n) is 10.4. The number of hydrogen-bond acceptors (Lipinski definition) is 2. The van der Waals surface area contributed by atoms with Gasteiger partial charge in [0.2, 0.25) is 0 Å². The minimum Gasteiger partial charge on any atom is -0.282 e. The average molecular weight is 264 g/mol. The summed E-state index contributed by atoms with van der Waals surface area (Å²) >= 11 is 0. The van der Waals surface area contributed by atoms with Crippen molar-refractivity contribution in [2.45, 2.75) is 18.7 Å². The molecule has 0 amide bonds. The van der Waals surface area contributed by atoms with Crippen molar-refractivity contribution in [2.75, 3.05) is 0 Å². The summed E-state index contributed by atoms with van der Waals surface area (Å²) in [5, 5.41) is 0. The van der Waals surface area contributed by atoms with Crippen LogP contribution in [0.25, 0.3) is 0 Å². The molecule has 0 heterocycles. The molecule has 0 atom stereocenters. The van der Waals surface area contributed by atoms with Gasteiger partial charge in [-0.15, -0.1) is 0 Å². The first kappa shape index (κ1) is 14.4. The van der Waals surface area contributed by atoms with Crippen LogP contribution in [0.1, 0.15) is 11.1 Å². The molecule has 0 spiro atoms. The van der Waals surface area contributed by atoms with Crippen LogP contribution in [0, 0.1) is 13.8 Å². The molecule has 0 saturated carbocycles. The first-order valence-corrected chi connectivity index (χ1v) is 6.90. The van der Waals surface area contributed by atoms with Crippen molar-refractivity contribution in [3.8, 4) is 0 Å². The second-order valence-electron chi connectivity index (χ2n) is 3.83. The minimum absolute atomic E-state index is 0.0116. The molecule has 0 aliphatic heterocycles. The largest absolute Gasteiger partial charge is 0.294 e. The zero-order valence-corrected chi connectivity index (χ0v) is 11.2. The first-order chi connectivity index (χ1) is 8.43. The molecule has 0 unspecified atom stereocenters. The maximum atomic E-state index is 10.8. The van der Waals surface area contributed by atoms with E-state index in [1.54, 1.807) is 26.0 Å². The van der Waals surface area contributed by atoms with Gasteiger partial charge in [0, 0.05) is 0 Å². The molecule has 2 aromatic carbocycles. The highest BCUT2D eigenvalue weighted by Gasteiger charge is 2.12. The summed E-state index contributed by atoms with van der Waals surface area (Å²) in [6.45, 7) is 3.46. The van der Waals surface area contributed by atoms with Crippen LogP contribution in [0.4, 0.5) is 0 Å². The van der Waals surface area contributed by atoms with E-state index in [1.807, 2.05) is 36.4 Å². The first-order valence-electron chi connectivity index (χ1n) is 5.46. The predicted molar refractivity (Wildman–Crippen MR) is 72.2 cm³/mol. The number of hydrogen-bond donors (Lipinski definition) is 1. The van der Waals surface area contributed by atoms with E-state index in [2.05, 4.69) is 0 Å². The van der Waals surface area contributed by atoms with Crippen molar-refractivity contribution in [2.24, 2.45) is 0 Å². The molecule has 18 heavy (non-hydrogen) atoms. The molecular formula is C14H16O3S. The van der Waals surface area contributed by atoms with Gasteiger partial charge in [-0.2, -0.15) is 8.42 Å². The van der Waals surface area contributed by atoms with E-state index in [1.165, 1.54) is 6.07 Å². The van der Waals surface area contributed by atoms with Gasteiger partial charge in [-0.05, 0) is 31.0 Å². The van der Waals surface area contributed by atoms with Gasteiger partial charge in [0.1, 0.15) is 0 Å². The molecule has 2 aromatic rings. The Morgan fingerprint density at radius 3 is 1.61 bits per heavy atom. The van der Waals surface area contributed by atoms with Gasteiger partial charge >= 0.3 is 0 Å². The molecule has 0 fully saturated rings. The molecule has 2 rings (SSSR count). The third-order valence-corrected chi connectivity index (χ3v) is 3.50. The molecule has 0 aromatic heterocycles. The highest BCUT2D eigenvalue weighted by atomic mass is 32.2. The van der Waals surface area contributed by atoms with Crippen molar-refractivity contribution in [3.05, 3.63) is 65.7 Å². The lowest BCUT2D eigenvalue weighted by Crippen LogP contribution is -2.01. The number of aryl methyl sites for hydroxylation is 1. The van der Waals surface area contributed by atoms with E-state index in [9.17, 15) is 8.42 Å². The van der Waals surface area contributed by atoms with Crippen molar-refractivity contribution in [1.29, 1.82) is 0 Å². The standard InChI is InChI=1S/C8H10O3S.C6H6/c1-6-4-3-5-8(7(6)2)12(9,10)11;1-2-4-6-5-3-1/h3-5H,1-2H3,(H,9,10,11);1-6H. The van der Waals surface area contributed by atoms with Crippen LogP contribution in [-0.4, -0.2) is 13.0 Å². The van der Waals surface area contributed by atoms with Crippen LogP contribution in [0.5, 0.6) is 0 Å². The molecular weight excluding hydrogens is 248 g/mol. The van der Waals surface area contributed by atoms with Gasteiger partial charge < -0.3 is 0 Å². The van der Waals surface area contributed by atoms with Gasteiger partial charge in [0.15, 0.2) is 0 Å². The maximum absolute atomic E-state index is 10.8. The van der Waals surface area contributed by atoms with Gasteiger partial charge in [0.25, 0.3) is 10.1 Å². The molecule has 96 valence electrons. The Labute approximate surface area is 108 Å². The Morgan fingerprint density at radius 2 is 1.28 bits per heavy atom. The minimum atomic E-state index is -4.06. The van der Waals surface area contributed by atoms with E-state index in [-0.39, 0.29) is 4.90 Å². The third kappa shape index (κ3) is 4.31. The molecule has 0 aliphatic rings. The van der Waals surface area contributed by atoms with Crippen LogP contribution in [0.15, 0.2) is 59.5 Å². The van der Waals surface area contributed by atoms with Crippen LogP contribution in [0.2, 0.25) is 0 Å². The van der Waals surface area contributed by atoms with E-state index >= 15 is 0 Å². The highest BCUT2D eigenvalue weighted by Crippen LogP contribution is 2.17. The summed E-state index contributed by atoms with van der Waals surface area (Å²) in [7, 11) is -4.06. The van der Waals surface area contributed by atoms with Crippen LogP contribution < -0.4 is 0 Å². The predicted octanol–water partition coefficient (Wildman–Crippen LogP) is 3.24. The summed E-state index contributed by atoms with van der Waals surface area (Å²) in [6, 6.07) is 16.8. The number of rotatable bonds is 1. The zero-order chi connectivity index (χ0) is 13.6. The summed E-state index contributed by atoms with van der Waals surface area (Å²) in [6.07, 6.45) is 0. The van der Waals surface area contributed by atoms with Gasteiger partial charge in [-0.25, -0.2) is 0 Å². The molecule has 0 radical (unpaired) electrons. The van der Waals surface area contributed by atoms with Gasteiger partial charge in [0.05, 0.1) is 4.90 Å². The highest BCUT2D eigenvalue weighted by molar-refractivity contribution is 7.85. The SMILES string of the molecule is Cc1cccc(S(=O)(=O)O)c1C.c1ccccc1. The Hall–Kier alpha value is -1.65. The lowest BCUT2D eigenvalue weighted by molar-refractivity contribution is 0.482. The van der Waals surface area contributed by atoms with Crippen molar-refractivity contribution >= 4 is 10.1 Å². The lowest BCUT2D eigenvalue weighted by atomic mass is 10.1. The fourth-order valence-corrected chi connectivity index (χ4v) is 2.19.